The van der Waals surface area contributed by atoms with Crippen molar-refractivity contribution in [1.29, 1.82) is 0 Å². The summed E-state index contributed by atoms with van der Waals surface area (Å²) in [6, 6.07) is 0. The number of carbonyl (C=O) groups is 1. The highest BCUT2D eigenvalue weighted by Crippen LogP contribution is 2.29. The third-order valence-corrected chi connectivity index (χ3v) is 5.05. The normalized spacial score (nSPS) is 17.6. The van der Waals surface area contributed by atoms with Gasteiger partial charge in [-0.05, 0) is 26.2 Å². The molecule has 136 valence electrons. The lowest BCUT2D eigenvalue weighted by Gasteiger charge is -2.17. The van der Waals surface area contributed by atoms with E-state index in [-0.39, 0.29) is 11.8 Å². The van der Waals surface area contributed by atoms with Crippen molar-refractivity contribution in [2.75, 3.05) is 18.8 Å². The number of hydrogen-bond acceptors (Lipinski definition) is 4. The van der Waals surface area contributed by atoms with Crippen molar-refractivity contribution in [1.82, 2.24) is 24.9 Å². The first-order chi connectivity index (χ1) is 11.9. The summed E-state index contributed by atoms with van der Waals surface area (Å²) < 4.78 is 2.03. The minimum absolute atomic E-state index is 0.163. The van der Waals surface area contributed by atoms with Crippen molar-refractivity contribution in [2.24, 2.45) is 5.92 Å². The second kappa shape index (κ2) is 6.90. The van der Waals surface area contributed by atoms with Gasteiger partial charge in [-0.3, -0.25) is 14.6 Å². The number of anilines is 1. The second-order valence-corrected chi connectivity index (χ2v) is 7.47. The number of carbonyl (C=O) groups excluding carboxylic acids is 1. The van der Waals surface area contributed by atoms with Gasteiger partial charge in [0.15, 0.2) is 0 Å². The number of amides is 1. The lowest BCUT2D eigenvalue weighted by Crippen LogP contribution is -2.30. The largest absolute Gasteiger partial charge is 0.396 e. The summed E-state index contributed by atoms with van der Waals surface area (Å²) in [6.45, 7) is 10.7. The van der Waals surface area contributed by atoms with Crippen LogP contribution in [-0.2, 0) is 17.8 Å². The Balaban J connectivity index is 1.67. The quantitative estimate of drug-likeness (QED) is 0.868. The van der Waals surface area contributed by atoms with Crippen LogP contribution >= 0.6 is 0 Å². The molecule has 1 unspecified atom stereocenters. The monoisotopic (exact) mass is 344 g/mol. The van der Waals surface area contributed by atoms with Crippen LogP contribution in [0, 0.1) is 19.8 Å². The van der Waals surface area contributed by atoms with Gasteiger partial charge in [0.25, 0.3) is 0 Å². The first kappa shape index (κ1) is 17.5. The van der Waals surface area contributed by atoms with Crippen LogP contribution < -0.4 is 5.73 Å². The van der Waals surface area contributed by atoms with Crippen LogP contribution in [0.5, 0.6) is 0 Å². The molecule has 2 aromatic heterocycles. The number of aryl methyl sites for hydroxylation is 1. The number of aromatic amines is 1. The minimum atomic E-state index is 0.163. The summed E-state index contributed by atoms with van der Waals surface area (Å²) in [5.41, 5.74) is 10.7. The highest BCUT2D eigenvalue weighted by atomic mass is 16.2. The van der Waals surface area contributed by atoms with E-state index >= 15 is 0 Å². The van der Waals surface area contributed by atoms with Gasteiger partial charge in [0.05, 0.1) is 29.7 Å². The summed E-state index contributed by atoms with van der Waals surface area (Å²) in [5, 5.41) is 11.6. The zero-order valence-electron chi connectivity index (χ0n) is 15.5. The van der Waals surface area contributed by atoms with Crippen LogP contribution in [0.1, 0.15) is 48.8 Å². The van der Waals surface area contributed by atoms with Crippen LogP contribution in [0.25, 0.3) is 0 Å². The molecule has 7 nitrogen and oxygen atoms in total. The molecule has 7 heteroatoms. The Bertz CT molecular complexity index is 760. The number of rotatable bonds is 5. The third-order valence-electron chi connectivity index (χ3n) is 5.05. The van der Waals surface area contributed by atoms with E-state index in [1.54, 1.807) is 6.20 Å². The molecular weight excluding hydrogens is 316 g/mol. The molecule has 2 aromatic rings. The predicted octanol–water partition coefficient (Wildman–Crippen LogP) is 2.02. The lowest BCUT2D eigenvalue weighted by atomic mass is 10.0. The van der Waals surface area contributed by atoms with E-state index < -0.39 is 0 Å². The Hall–Kier alpha value is -2.31. The minimum Gasteiger partial charge on any atom is -0.396 e. The van der Waals surface area contributed by atoms with Crippen molar-refractivity contribution < 1.29 is 4.79 Å². The Morgan fingerprint density at radius 3 is 2.84 bits per heavy atom. The van der Waals surface area contributed by atoms with Gasteiger partial charge in [-0.2, -0.15) is 10.2 Å². The number of hydrogen-bond donors (Lipinski definition) is 2. The van der Waals surface area contributed by atoms with Gasteiger partial charge in [0, 0.05) is 36.8 Å². The van der Waals surface area contributed by atoms with E-state index in [0.717, 1.165) is 42.2 Å². The fraction of sp³-hybridized carbons (Fsp3) is 0.611. The van der Waals surface area contributed by atoms with Crippen molar-refractivity contribution in [3.63, 3.8) is 0 Å². The first-order valence-electron chi connectivity index (χ1n) is 8.96. The molecule has 1 aliphatic heterocycles. The molecule has 1 saturated heterocycles. The molecule has 0 saturated carbocycles. The first-order valence-corrected chi connectivity index (χ1v) is 8.96. The number of likely N-dealkylation sites (tertiary alicyclic amines) is 1. The van der Waals surface area contributed by atoms with E-state index in [4.69, 9.17) is 5.73 Å². The Labute approximate surface area is 148 Å². The van der Waals surface area contributed by atoms with Crippen molar-refractivity contribution >= 4 is 11.6 Å². The lowest BCUT2D eigenvalue weighted by molar-refractivity contribution is -0.129. The zero-order chi connectivity index (χ0) is 18.1. The van der Waals surface area contributed by atoms with Gasteiger partial charge >= 0.3 is 0 Å². The SMILES string of the molecule is Cc1nn(CC(C)C)c(C)c1CC(=O)N1CCC(c2[nH]ncc2N)C1. The molecule has 3 heterocycles. The van der Waals surface area contributed by atoms with Crippen molar-refractivity contribution in [3.8, 4) is 0 Å². The molecule has 1 aliphatic rings. The zero-order valence-corrected chi connectivity index (χ0v) is 15.5. The predicted molar refractivity (Wildman–Crippen MR) is 97.2 cm³/mol. The maximum atomic E-state index is 12.8. The average molecular weight is 344 g/mol. The highest BCUT2D eigenvalue weighted by molar-refractivity contribution is 5.79. The average Bonchev–Trinajstić information content (AvgIpc) is 3.23. The van der Waals surface area contributed by atoms with Crippen LogP contribution in [0.3, 0.4) is 0 Å². The maximum absolute atomic E-state index is 12.8. The molecule has 25 heavy (non-hydrogen) atoms. The van der Waals surface area contributed by atoms with E-state index in [1.807, 2.05) is 16.5 Å². The molecule has 3 N–H and O–H groups in total. The van der Waals surface area contributed by atoms with Gasteiger partial charge in [-0.1, -0.05) is 13.8 Å². The fourth-order valence-electron chi connectivity index (χ4n) is 3.63. The van der Waals surface area contributed by atoms with Gasteiger partial charge in [-0.15, -0.1) is 0 Å². The van der Waals surface area contributed by atoms with E-state index in [0.29, 0.717) is 24.6 Å². The van der Waals surface area contributed by atoms with Gasteiger partial charge in [-0.25, -0.2) is 0 Å². The molecule has 0 aliphatic carbocycles. The molecule has 0 bridgehead atoms. The molecule has 1 fully saturated rings. The Morgan fingerprint density at radius 1 is 1.44 bits per heavy atom. The Morgan fingerprint density at radius 2 is 2.20 bits per heavy atom. The standard InChI is InChI=1S/C18H28N6O/c1-11(2)9-24-13(4)15(12(3)22-24)7-17(25)23-6-5-14(10-23)18-16(19)8-20-21-18/h8,11,14H,5-7,9-10,19H2,1-4H3,(H,20,21). The molecule has 1 amide bonds. The van der Waals surface area contributed by atoms with Crippen LogP contribution in [0.4, 0.5) is 5.69 Å². The number of H-pyrrole nitrogens is 1. The van der Waals surface area contributed by atoms with Crippen molar-refractivity contribution in [3.05, 3.63) is 28.8 Å². The second-order valence-electron chi connectivity index (χ2n) is 7.47. The Kier molecular flexibility index (Phi) is 4.83. The molecule has 0 spiro atoms. The summed E-state index contributed by atoms with van der Waals surface area (Å²) in [6.07, 6.45) is 2.97. The van der Waals surface area contributed by atoms with E-state index in [9.17, 15) is 4.79 Å². The summed E-state index contributed by atoms with van der Waals surface area (Å²) in [4.78, 5) is 14.7. The summed E-state index contributed by atoms with van der Waals surface area (Å²) in [7, 11) is 0. The van der Waals surface area contributed by atoms with Crippen LogP contribution in [0.15, 0.2) is 6.20 Å². The van der Waals surface area contributed by atoms with Gasteiger partial charge in [0.2, 0.25) is 5.91 Å². The summed E-state index contributed by atoms with van der Waals surface area (Å²) in [5.74, 6) is 0.939. The fourth-order valence-corrected chi connectivity index (χ4v) is 3.63. The molecule has 3 rings (SSSR count). The number of aromatic nitrogens is 4. The topological polar surface area (TPSA) is 92.8 Å². The van der Waals surface area contributed by atoms with Gasteiger partial charge in [0.1, 0.15) is 0 Å². The van der Waals surface area contributed by atoms with Crippen molar-refractivity contribution in [2.45, 2.75) is 53.0 Å². The molecule has 0 aromatic carbocycles. The number of nitrogens with zero attached hydrogens (tertiary/aromatic N) is 4. The smallest absolute Gasteiger partial charge is 0.227 e. The van der Waals surface area contributed by atoms with Gasteiger partial charge < -0.3 is 10.6 Å². The van der Waals surface area contributed by atoms with Crippen LogP contribution in [-0.4, -0.2) is 43.9 Å². The molecule has 1 atom stereocenters. The number of nitrogens with two attached hydrogens (primary N) is 1. The van der Waals surface area contributed by atoms with Crippen LogP contribution in [0.2, 0.25) is 0 Å². The number of nitrogen functional groups attached to an aromatic ring is 1. The summed E-state index contributed by atoms with van der Waals surface area (Å²) >= 11 is 0. The third kappa shape index (κ3) is 3.55. The van der Waals surface area contributed by atoms with E-state index in [2.05, 4.69) is 36.1 Å². The molecule has 0 radical (unpaired) electrons. The van der Waals surface area contributed by atoms with E-state index in [1.165, 1.54) is 0 Å². The molecular formula is C18H28N6O. The highest BCUT2D eigenvalue weighted by Gasteiger charge is 2.30. The maximum Gasteiger partial charge on any atom is 0.227 e. The number of nitrogens with one attached hydrogen (secondary N) is 1.